The molecule has 1 saturated heterocycles. The summed E-state index contributed by atoms with van der Waals surface area (Å²) in [6.07, 6.45) is 0. The molecule has 4 rings (SSSR count). The Kier molecular flexibility index (Phi) is 7.08. The highest BCUT2D eigenvalue weighted by molar-refractivity contribution is 7.89. The molecule has 2 heterocycles. The van der Waals surface area contributed by atoms with Crippen molar-refractivity contribution in [3.8, 4) is 11.5 Å². The predicted octanol–water partition coefficient (Wildman–Crippen LogP) is 1.97. The monoisotopic (exact) mass is 487 g/mol. The summed E-state index contributed by atoms with van der Waals surface area (Å²) in [5.74, 6) is 0.961. The van der Waals surface area contributed by atoms with E-state index in [-0.39, 0.29) is 29.8 Å². The third kappa shape index (κ3) is 4.88. The number of carbonyl (C=O) groups is 2. The van der Waals surface area contributed by atoms with Gasteiger partial charge in [-0.25, -0.2) is 8.42 Å². The van der Waals surface area contributed by atoms with Crippen LogP contribution in [-0.2, 0) is 21.4 Å². The van der Waals surface area contributed by atoms with Crippen molar-refractivity contribution in [3.05, 3.63) is 53.6 Å². The van der Waals surface area contributed by atoms with Crippen LogP contribution in [0.2, 0.25) is 0 Å². The Hall–Kier alpha value is -3.11. The molecule has 1 fully saturated rings. The second-order valence-electron chi connectivity index (χ2n) is 8.20. The molecule has 2 amide bonds. The Morgan fingerprint density at radius 1 is 1.00 bits per heavy atom. The molecule has 0 radical (unpaired) electrons. The van der Waals surface area contributed by atoms with E-state index in [1.165, 1.54) is 23.4 Å². The first kappa shape index (κ1) is 24.0. The Balaban J connectivity index is 1.52. The van der Waals surface area contributed by atoms with Gasteiger partial charge in [-0.05, 0) is 31.2 Å². The van der Waals surface area contributed by atoms with Crippen molar-refractivity contribution in [3.63, 3.8) is 0 Å². The van der Waals surface area contributed by atoms with Crippen molar-refractivity contribution in [2.45, 2.75) is 25.3 Å². The number of para-hydroxylation sites is 1. The number of sulfonamides is 1. The molecule has 9 nitrogen and oxygen atoms in total. The first-order valence-electron chi connectivity index (χ1n) is 11.3. The molecule has 2 aliphatic heterocycles. The van der Waals surface area contributed by atoms with Crippen LogP contribution in [0.5, 0.6) is 11.5 Å². The second kappa shape index (κ2) is 10.0. The molecular weight excluding hydrogens is 458 g/mol. The lowest BCUT2D eigenvalue weighted by molar-refractivity contribution is -0.129. The van der Waals surface area contributed by atoms with E-state index in [1.54, 1.807) is 21.9 Å². The van der Waals surface area contributed by atoms with Gasteiger partial charge in [0.1, 0.15) is 13.2 Å². The van der Waals surface area contributed by atoms with Crippen LogP contribution < -0.4 is 9.47 Å². The summed E-state index contributed by atoms with van der Waals surface area (Å²) in [4.78, 5) is 28.2. The number of rotatable bonds is 6. The molecule has 0 bridgehead atoms. The first-order valence-corrected chi connectivity index (χ1v) is 12.8. The molecular formula is C24H29N3O6S. The van der Waals surface area contributed by atoms with Crippen LogP contribution in [0.1, 0.15) is 29.8 Å². The average molecular weight is 488 g/mol. The zero-order valence-corrected chi connectivity index (χ0v) is 20.2. The van der Waals surface area contributed by atoms with Gasteiger partial charge in [-0.2, -0.15) is 4.31 Å². The minimum absolute atomic E-state index is 0.0686. The van der Waals surface area contributed by atoms with Gasteiger partial charge in [0.15, 0.2) is 11.5 Å². The van der Waals surface area contributed by atoms with E-state index in [9.17, 15) is 18.0 Å². The molecule has 10 heteroatoms. The SMILES string of the molecule is CCN(Cc1cccc2c1OCCO2)C(=O)c1cccc(S(=O)(=O)N2CCN(C(C)=O)CC2)c1. The largest absolute Gasteiger partial charge is 0.486 e. The lowest BCUT2D eigenvalue weighted by Gasteiger charge is -2.33. The highest BCUT2D eigenvalue weighted by Crippen LogP contribution is 2.34. The van der Waals surface area contributed by atoms with Gasteiger partial charge in [-0.1, -0.05) is 18.2 Å². The standard InChI is InChI=1S/C24H29N3O6S/c1-3-25(17-20-7-5-9-22-23(20)33-15-14-32-22)24(29)19-6-4-8-21(16-19)34(30,31)27-12-10-26(11-13-27)18(2)28/h4-9,16H,3,10-15,17H2,1-2H3. The molecule has 0 unspecified atom stereocenters. The van der Waals surface area contributed by atoms with E-state index in [0.717, 1.165) is 5.56 Å². The lowest BCUT2D eigenvalue weighted by Crippen LogP contribution is -2.49. The molecule has 0 aliphatic carbocycles. The van der Waals surface area contributed by atoms with Gasteiger partial charge in [-0.3, -0.25) is 9.59 Å². The van der Waals surface area contributed by atoms with Crippen molar-refractivity contribution >= 4 is 21.8 Å². The van der Waals surface area contributed by atoms with Crippen molar-refractivity contribution in [2.24, 2.45) is 0 Å². The van der Waals surface area contributed by atoms with Gasteiger partial charge < -0.3 is 19.3 Å². The van der Waals surface area contributed by atoms with Crippen LogP contribution >= 0.6 is 0 Å². The summed E-state index contributed by atoms with van der Waals surface area (Å²) in [6, 6.07) is 11.7. The number of piperazine rings is 1. The maximum Gasteiger partial charge on any atom is 0.254 e. The van der Waals surface area contributed by atoms with Gasteiger partial charge in [0.05, 0.1) is 4.90 Å². The van der Waals surface area contributed by atoms with E-state index in [2.05, 4.69) is 0 Å². The fourth-order valence-corrected chi connectivity index (χ4v) is 5.62. The average Bonchev–Trinajstić information content (AvgIpc) is 2.87. The Morgan fingerprint density at radius 2 is 1.71 bits per heavy atom. The minimum atomic E-state index is -3.78. The zero-order valence-electron chi connectivity index (χ0n) is 19.4. The molecule has 0 aromatic heterocycles. The molecule has 0 spiro atoms. The van der Waals surface area contributed by atoms with Crippen molar-refractivity contribution < 1.29 is 27.5 Å². The highest BCUT2D eigenvalue weighted by Gasteiger charge is 2.30. The zero-order chi connectivity index (χ0) is 24.3. The maximum absolute atomic E-state index is 13.3. The number of nitrogens with zero attached hydrogens (tertiary/aromatic N) is 3. The summed E-state index contributed by atoms with van der Waals surface area (Å²) < 4.78 is 39.2. The summed E-state index contributed by atoms with van der Waals surface area (Å²) in [5.41, 5.74) is 1.13. The Morgan fingerprint density at radius 3 is 2.41 bits per heavy atom. The number of amides is 2. The van der Waals surface area contributed by atoms with Crippen molar-refractivity contribution in [1.82, 2.24) is 14.1 Å². The predicted molar refractivity (Wildman–Crippen MR) is 125 cm³/mol. The van der Waals surface area contributed by atoms with Gasteiger partial charge >= 0.3 is 0 Å². The maximum atomic E-state index is 13.3. The number of hydrogen-bond acceptors (Lipinski definition) is 6. The third-order valence-electron chi connectivity index (χ3n) is 6.08. The molecule has 0 atom stereocenters. The molecule has 0 N–H and O–H groups in total. The van der Waals surface area contributed by atoms with E-state index >= 15 is 0 Å². The summed E-state index contributed by atoms with van der Waals surface area (Å²) in [5, 5.41) is 0. The van der Waals surface area contributed by atoms with Gasteiger partial charge in [0.2, 0.25) is 15.9 Å². The van der Waals surface area contributed by atoms with E-state index in [0.29, 0.717) is 56.5 Å². The number of fused-ring (bicyclic) bond motifs is 1. The fraction of sp³-hybridized carbons (Fsp3) is 0.417. The lowest BCUT2D eigenvalue weighted by atomic mass is 10.1. The Labute approximate surface area is 199 Å². The number of ether oxygens (including phenoxy) is 2. The number of hydrogen-bond donors (Lipinski definition) is 0. The summed E-state index contributed by atoms with van der Waals surface area (Å²) in [7, 11) is -3.78. The topological polar surface area (TPSA) is 96.5 Å². The van der Waals surface area contributed by atoms with Gasteiger partial charge in [-0.15, -0.1) is 0 Å². The van der Waals surface area contributed by atoms with Crippen LogP contribution in [0.25, 0.3) is 0 Å². The summed E-state index contributed by atoms with van der Waals surface area (Å²) in [6.45, 7) is 6.18. The number of benzene rings is 2. The van der Waals surface area contributed by atoms with Crippen molar-refractivity contribution in [1.29, 1.82) is 0 Å². The molecule has 0 saturated carbocycles. The normalized spacial score (nSPS) is 16.2. The minimum Gasteiger partial charge on any atom is -0.486 e. The van der Waals surface area contributed by atoms with Gasteiger partial charge in [0, 0.05) is 57.3 Å². The Bertz CT molecular complexity index is 1170. The molecule has 2 aromatic rings. The van der Waals surface area contributed by atoms with Crippen molar-refractivity contribution in [2.75, 3.05) is 45.9 Å². The molecule has 2 aromatic carbocycles. The van der Waals surface area contributed by atoms with Crippen LogP contribution in [0.3, 0.4) is 0 Å². The quantitative estimate of drug-likeness (QED) is 0.618. The first-order chi connectivity index (χ1) is 16.3. The van der Waals surface area contributed by atoms with E-state index < -0.39 is 10.0 Å². The van der Waals surface area contributed by atoms with Crippen LogP contribution in [0.4, 0.5) is 0 Å². The second-order valence-corrected chi connectivity index (χ2v) is 10.1. The van der Waals surface area contributed by atoms with Crippen LogP contribution in [-0.4, -0.2) is 80.3 Å². The van der Waals surface area contributed by atoms with Crippen LogP contribution in [0.15, 0.2) is 47.4 Å². The van der Waals surface area contributed by atoms with Gasteiger partial charge in [0.25, 0.3) is 5.91 Å². The molecule has 34 heavy (non-hydrogen) atoms. The fourth-order valence-electron chi connectivity index (χ4n) is 4.16. The third-order valence-corrected chi connectivity index (χ3v) is 7.98. The van der Waals surface area contributed by atoms with E-state index in [1.807, 2.05) is 25.1 Å². The summed E-state index contributed by atoms with van der Waals surface area (Å²) >= 11 is 0. The molecule has 2 aliphatic rings. The highest BCUT2D eigenvalue weighted by atomic mass is 32.2. The number of carbonyl (C=O) groups excluding carboxylic acids is 2. The smallest absolute Gasteiger partial charge is 0.254 e. The van der Waals surface area contributed by atoms with Crippen LogP contribution in [0, 0.1) is 0 Å². The van der Waals surface area contributed by atoms with E-state index in [4.69, 9.17) is 9.47 Å². The molecule has 182 valence electrons.